The molecule has 0 aromatic carbocycles. The van der Waals surface area contributed by atoms with Crippen molar-refractivity contribution in [2.75, 3.05) is 5.32 Å². The number of amides is 1. The number of rotatable bonds is 7. The third-order valence-corrected chi connectivity index (χ3v) is 6.16. The molecule has 30 heavy (non-hydrogen) atoms. The highest BCUT2D eigenvalue weighted by Gasteiger charge is 2.24. The molecule has 3 heterocycles. The van der Waals surface area contributed by atoms with E-state index in [2.05, 4.69) is 27.6 Å². The maximum Gasteiger partial charge on any atom is 0.255 e. The van der Waals surface area contributed by atoms with Crippen molar-refractivity contribution in [3.63, 3.8) is 0 Å². The average molecular weight is 410 g/mol. The molecule has 3 aromatic heterocycles. The number of hydrogen-bond donors (Lipinski definition) is 2. The van der Waals surface area contributed by atoms with E-state index in [1.807, 2.05) is 36.9 Å². The van der Waals surface area contributed by atoms with Crippen molar-refractivity contribution in [3.8, 4) is 0 Å². The number of aryl methyl sites for hydroxylation is 2. The Morgan fingerprint density at radius 3 is 2.77 bits per heavy atom. The average Bonchev–Trinajstić information content (AvgIpc) is 3.38. The van der Waals surface area contributed by atoms with Gasteiger partial charge in [0.2, 0.25) is 0 Å². The summed E-state index contributed by atoms with van der Waals surface area (Å²) in [7, 11) is 0. The van der Waals surface area contributed by atoms with Crippen LogP contribution in [0.15, 0.2) is 28.9 Å². The first-order valence-electron chi connectivity index (χ1n) is 11.0. The van der Waals surface area contributed by atoms with Crippen molar-refractivity contribution in [1.82, 2.24) is 20.1 Å². The summed E-state index contributed by atoms with van der Waals surface area (Å²) in [5, 5.41) is 12.0. The highest BCUT2D eigenvalue weighted by molar-refractivity contribution is 6.06. The van der Waals surface area contributed by atoms with Crippen molar-refractivity contribution in [1.29, 1.82) is 0 Å². The van der Waals surface area contributed by atoms with Gasteiger partial charge in [0.1, 0.15) is 11.5 Å². The van der Waals surface area contributed by atoms with Crippen molar-refractivity contribution in [2.24, 2.45) is 5.92 Å². The maximum absolute atomic E-state index is 13.1. The van der Waals surface area contributed by atoms with Gasteiger partial charge in [-0.2, -0.15) is 5.10 Å². The van der Waals surface area contributed by atoms with Crippen LogP contribution in [0, 0.1) is 12.8 Å². The fraction of sp³-hybridized carbons (Fsp3) is 0.522. The van der Waals surface area contributed by atoms with Gasteiger partial charge in [0.05, 0.1) is 29.4 Å². The first-order chi connectivity index (χ1) is 14.6. The maximum atomic E-state index is 13.1. The second kappa shape index (κ2) is 8.90. The number of pyridine rings is 1. The molecular formula is C23H31N5O2. The fourth-order valence-electron chi connectivity index (χ4n) is 4.41. The van der Waals surface area contributed by atoms with E-state index in [1.54, 1.807) is 6.20 Å². The highest BCUT2D eigenvalue weighted by atomic mass is 16.3. The molecule has 2 N–H and O–H groups in total. The van der Waals surface area contributed by atoms with Crippen LogP contribution in [0.2, 0.25) is 0 Å². The third kappa shape index (κ3) is 4.20. The minimum absolute atomic E-state index is 0.166. The van der Waals surface area contributed by atoms with Gasteiger partial charge in [-0.15, -0.1) is 0 Å². The molecule has 160 valence electrons. The molecular weight excluding hydrogens is 378 g/mol. The van der Waals surface area contributed by atoms with Gasteiger partial charge in [-0.3, -0.25) is 4.79 Å². The Balaban J connectivity index is 1.62. The lowest BCUT2D eigenvalue weighted by Gasteiger charge is -2.29. The molecule has 1 fully saturated rings. The largest absolute Gasteiger partial charge is 0.465 e. The standard InChI is InChI=1S/C23H31N5O2/c1-4-28-22-19(14-26-28)21(27-16(3)17-8-6-5-7-9-17)20(13-24-22)23(29)25-12-18-11-10-15(2)30-18/h10-11,13-14,16-17H,4-9,12H2,1-3H3,(H,24,27)(H,25,29). The number of carbonyl (C=O) groups excluding carboxylic acids is 1. The van der Waals surface area contributed by atoms with Gasteiger partial charge >= 0.3 is 0 Å². The molecule has 0 radical (unpaired) electrons. The summed E-state index contributed by atoms with van der Waals surface area (Å²) in [5.41, 5.74) is 2.17. The summed E-state index contributed by atoms with van der Waals surface area (Å²) in [5.74, 6) is 2.02. The zero-order valence-corrected chi connectivity index (χ0v) is 18.1. The van der Waals surface area contributed by atoms with Crippen LogP contribution in [0.4, 0.5) is 5.69 Å². The number of carbonyl (C=O) groups is 1. The molecule has 7 nitrogen and oxygen atoms in total. The van der Waals surface area contributed by atoms with Crippen LogP contribution in [0.5, 0.6) is 0 Å². The number of nitrogens with one attached hydrogen (secondary N) is 2. The molecule has 3 aromatic rings. The summed E-state index contributed by atoms with van der Waals surface area (Å²) in [4.78, 5) is 17.6. The van der Waals surface area contributed by atoms with Crippen LogP contribution in [0.1, 0.15) is 67.8 Å². The molecule has 0 saturated heterocycles. The van der Waals surface area contributed by atoms with E-state index >= 15 is 0 Å². The summed E-state index contributed by atoms with van der Waals surface area (Å²) >= 11 is 0. The fourth-order valence-corrected chi connectivity index (χ4v) is 4.41. The lowest BCUT2D eigenvalue weighted by Crippen LogP contribution is -2.30. The van der Waals surface area contributed by atoms with Crippen molar-refractivity contribution in [3.05, 3.63) is 41.6 Å². The van der Waals surface area contributed by atoms with Crippen molar-refractivity contribution >= 4 is 22.6 Å². The van der Waals surface area contributed by atoms with Gasteiger partial charge in [-0.1, -0.05) is 19.3 Å². The molecule has 1 aliphatic rings. The van der Waals surface area contributed by atoms with Crippen molar-refractivity contribution in [2.45, 2.75) is 72.0 Å². The Kier molecular flexibility index (Phi) is 6.06. The SMILES string of the molecule is CCn1ncc2c(NC(C)C3CCCCC3)c(C(=O)NCc3ccc(C)o3)cnc21. The Hall–Kier alpha value is -2.83. The van der Waals surface area contributed by atoms with E-state index in [-0.39, 0.29) is 11.9 Å². The number of fused-ring (bicyclic) bond motifs is 1. The lowest BCUT2D eigenvalue weighted by molar-refractivity contribution is 0.0948. The van der Waals surface area contributed by atoms with Crippen molar-refractivity contribution < 1.29 is 9.21 Å². The molecule has 0 aliphatic heterocycles. The number of furan rings is 1. The van der Waals surface area contributed by atoms with Gasteiger partial charge in [0, 0.05) is 18.8 Å². The quantitative estimate of drug-likeness (QED) is 0.593. The molecule has 1 amide bonds. The summed E-state index contributed by atoms with van der Waals surface area (Å²) in [6, 6.07) is 4.06. The van der Waals surface area contributed by atoms with Crippen LogP contribution in [0.25, 0.3) is 11.0 Å². The number of hydrogen-bond acceptors (Lipinski definition) is 5. The molecule has 4 rings (SSSR count). The number of nitrogens with zero attached hydrogens (tertiary/aromatic N) is 3. The zero-order valence-electron chi connectivity index (χ0n) is 18.1. The van der Waals surface area contributed by atoms with Crippen LogP contribution >= 0.6 is 0 Å². The number of aromatic nitrogens is 3. The summed E-state index contributed by atoms with van der Waals surface area (Å²) in [6.45, 7) is 7.23. The van der Waals surface area contributed by atoms with Gasteiger partial charge in [-0.05, 0) is 51.7 Å². The third-order valence-electron chi connectivity index (χ3n) is 6.16. The predicted octanol–water partition coefficient (Wildman–Crippen LogP) is 4.66. The summed E-state index contributed by atoms with van der Waals surface area (Å²) in [6.07, 6.45) is 9.83. The van der Waals surface area contributed by atoms with Crippen LogP contribution in [-0.2, 0) is 13.1 Å². The molecule has 7 heteroatoms. The summed E-state index contributed by atoms with van der Waals surface area (Å²) < 4.78 is 7.43. The van der Waals surface area contributed by atoms with E-state index in [0.29, 0.717) is 18.0 Å². The van der Waals surface area contributed by atoms with E-state index in [4.69, 9.17) is 4.42 Å². The van der Waals surface area contributed by atoms with Gasteiger partial charge in [0.15, 0.2) is 5.65 Å². The highest BCUT2D eigenvalue weighted by Crippen LogP contribution is 2.32. The number of anilines is 1. The first-order valence-corrected chi connectivity index (χ1v) is 11.0. The van der Waals surface area contributed by atoms with Gasteiger partial charge in [0.25, 0.3) is 5.91 Å². The van der Waals surface area contributed by atoms with Crippen LogP contribution < -0.4 is 10.6 Å². The second-order valence-corrected chi connectivity index (χ2v) is 8.27. The molecule has 1 saturated carbocycles. The van der Waals surface area contributed by atoms with E-state index in [9.17, 15) is 4.79 Å². The van der Waals surface area contributed by atoms with Crippen LogP contribution in [-0.4, -0.2) is 26.7 Å². The minimum Gasteiger partial charge on any atom is -0.465 e. The Labute approximate surface area is 177 Å². The molecule has 1 atom stereocenters. The van der Waals surface area contributed by atoms with E-state index < -0.39 is 0 Å². The van der Waals surface area contributed by atoms with Crippen LogP contribution in [0.3, 0.4) is 0 Å². The predicted molar refractivity (Wildman–Crippen MR) is 117 cm³/mol. The molecule has 1 unspecified atom stereocenters. The zero-order chi connectivity index (χ0) is 21.1. The molecule has 0 spiro atoms. The Morgan fingerprint density at radius 2 is 2.07 bits per heavy atom. The minimum atomic E-state index is -0.166. The normalized spacial score (nSPS) is 16.0. The second-order valence-electron chi connectivity index (χ2n) is 8.27. The topological polar surface area (TPSA) is 85.0 Å². The van der Waals surface area contributed by atoms with E-state index in [1.165, 1.54) is 32.1 Å². The Bertz CT molecular complexity index is 1020. The lowest BCUT2D eigenvalue weighted by atomic mass is 9.84. The van der Waals surface area contributed by atoms with E-state index in [0.717, 1.165) is 34.8 Å². The monoisotopic (exact) mass is 409 g/mol. The van der Waals surface area contributed by atoms with Gasteiger partial charge in [-0.25, -0.2) is 9.67 Å². The Morgan fingerprint density at radius 1 is 1.27 bits per heavy atom. The molecule has 0 bridgehead atoms. The van der Waals surface area contributed by atoms with Gasteiger partial charge < -0.3 is 15.1 Å². The molecule has 1 aliphatic carbocycles. The first kappa shape index (κ1) is 20.4. The smallest absolute Gasteiger partial charge is 0.255 e.